The Balaban J connectivity index is 1.77. The molecule has 0 atom stereocenters. The molecule has 0 bridgehead atoms. The van der Waals surface area contributed by atoms with Gasteiger partial charge in [-0.1, -0.05) is 0 Å². The van der Waals surface area contributed by atoms with E-state index in [9.17, 15) is 10.1 Å². The number of anilines is 1. The van der Waals surface area contributed by atoms with Gasteiger partial charge < -0.3 is 10.4 Å². The van der Waals surface area contributed by atoms with Crippen LogP contribution in [0.15, 0.2) is 42.9 Å². The van der Waals surface area contributed by atoms with Gasteiger partial charge in [-0.05, 0) is 12.1 Å². The number of aromatic nitrogens is 4. The van der Waals surface area contributed by atoms with Crippen molar-refractivity contribution < 1.29 is 10.0 Å². The fraction of sp³-hybridized carbons (Fsp3) is 0.250. The van der Waals surface area contributed by atoms with Crippen molar-refractivity contribution in [2.75, 3.05) is 11.9 Å². The van der Waals surface area contributed by atoms with E-state index in [1.807, 2.05) is 19.4 Å². The number of non-ortho nitro benzene ring substituents is 1. The first-order chi connectivity index (χ1) is 12.1. The topological polar surface area (TPSA) is 111 Å². The lowest BCUT2D eigenvalue weighted by molar-refractivity contribution is -0.384. The van der Waals surface area contributed by atoms with Crippen molar-refractivity contribution in [1.29, 1.82) is 0 Å². The fourth-order valence-electron chi connectivity index (χ4n) is 2.53. The summed E-state index contributed by atoms with van der Waals surface area (Å²) in [6, 6.07) is 6.34. The van der Waals surface area contributed by atoms with Gasteiger partial charge in [-0.15, -0.1) is 0 Å². The SMILES string of the molecule is Cn1cc(CNc2cnn(CCO)c2)c(-c2ccc([N+](=O)[O-])cc2)n1. The fourth-order valence-corrected chi connectivity index (χ4v) is 2.53. The minimum atomic E-state index is -0.422. The zero-order valence-corrected chi connectivity index (χ0v) is 13.7. The van der Waals surface area contributed by atoms with Gasteiger partial charge in [0.15, 0.2) is 0 Å². The highest BCUT2D eigenvalue weighted by Gasteiger charge is 2.12. The van der Waals surface area contributed by atoms with Crippen LogP contribution >= 0.6 is 0 Å². The Morgan fingerprint density at radius 2 is 2.04 bits per heavy atom. The van der Waals surface area contributed by atoms with Crippen molar-refractivity contribution in [2.45, 2.75) is 13.1 Å². The molecular formula is C16H18N6O3. The quantitative estimate of drug-likeness (QED) is 0.500. The van der Waals surface area contributed by atoms with Crippen LogP contribution in [0.1, 0.15) is 5.56 Å². The molecule has 2 aromatic heterocycles. The summed E-state index contributed by atoms with van der Waals surface area (Å²) in [6.45, 7) is 1.02. The van der Waals surface area contributed by atoms with Crippen molar-refractivity contribution in [3.05, 3.63) is 58.5 Å². The molecule has 9 nitrogen and oxygen atoms in total. The molecule has 2 heterocycles. The highest BCUT2D eigenvalue weighted by atomic mass is 16.6. The molecule has 0 saturated carbocycles. The van der Waals surface area contributed by atoms with E-state index in [1.54, 1.807) is 27.7 Å². The number of benzene rings is 1. The second-order valence-corrected chi connectivity index (χ2v) is 5.55. The Morgan fingerprint density at radius 1 is 1.28 bits per heavy atom. The smallest absolute Gasteiger partial charge is 0.269 e. The number of rotatable bonds is 7. The zero-order chi connectivity index (χ0) is 17.8. The Bertz CT molecular complexity index is 868. The number of nitro groups is 1. The summed E-state index contributed by atoms with van der Waals surface area (Å²) in [6.07, 6.45) is 5.41. The first-order valence-corrected chi connectivity index (χ1v) is 7.71. The summed E-state index contributed by atoms with van der Waals surface area (Å²) in [5.41, 5.74) is 3.44. The third-order valence-corrected chi connectivity index (χ3v) is 3.70. The number of aliphatic hydroxyl groups is 1. The second kappa shape index (κ2) is 7.14. The van der Waals surface area contributed by atoms with E-state index in [0.29, 0.717) is 13.1 Å². The molecule has 3 aromatic rings. The molecule has 0 unspecified atom stereocenters. The van der Waals surface area contributed by atoms with E-state index < -0.39 is 4.92 Å². The minimum Gasteiger partial charge on any atom is -0.394 e. The standard InChI is InChI=1S/C16H18N6O3/c1-20-10-13(8-17-14-9-18-21(11-14)6-7-23)16(19-20)12-2-4-15(5-3-12)22(24)25/h2-5,9-11,17,23H,6-8H2,1H3. The number of aryl methyl sites for hydroxylation is 1. The van der Waals surface area contributed by atoms with E-state index in [0.717, 1.165) is 22.5 Å². The van der Waals surface area contributed by atoms with Crippen LogP contribution < -0.4 is 5.32 Å². The highest BCUT2D eigenvalue weighted by molar-refractivity contribution is 5.64. The summed E-state index contributed by atoms with van der Waals surface area (Å²) in [7, 11) is 1.83. The summed E-state index contributed by atoms with van der Waals surface area (Å²) in [5, 5.41) is 31.6. The Labute approximate surface area is 143 Å². The minimum absolute atomic E-state index is 0.0357. The molecule has 0 radical (unpaired) electrons. The van der Waals surface area contributed by atoms with Gasteiger partial charge in [-0.25, -0.2) is 0 Å². The van der Waals surface area contributed by atoms with Crippen molar-refractivity contribution in [3.8, 4) is 11.3 Å². The van der Waals surface area contributed by atoms with E-state index >= 15 is 0 Å². The van der Waals surface area contributed by atoms with E-state index in [2.05, 4.69) is 15.5 Å². The average molecular weight is 342 g/mol. The molecule has 130 valence electrons. The number of hydrogen-bond donors (Lipinski definition) is 2. The Morgan fingerprint density at radius 3 is 2.72 bits per heavy atom. The number of aliphatic hydroxyl groups excluding tert-OH is 1. The molecule has 0 fully saturated rings. The average Bonchev–Trinajstić information content (AvgIpc) is 3.19. The van der Waals surface area contributed by atoms with E-state index in [4.69, 9.17) is 5.11 Å². The van der Waals surface area contributed by atoms with Gasteiger partial charge in [0, 0.05) is 49.2 Å². The molecule has 2 N–H and O–H groups in total. The molecule has 9 heteroatoms. The second-order valence-electron chi connectivity index (χ2n) is 5.55. The van der Waals surface area contributed by atoms with Gasteiger partial charge in [-0.2, -0.15) is 10.2 Å². The molecule has 25 heavy (non-hydrogen) atoms. The first-order valence-electron chi connectivity index (χ1n) is 7.71. The van der Waals surface area contributed by atoms with Crippen LogP contribution in [0.5, 0.6) is 0 Å². The number of nitrogens with zero attached hydrogens (tertiary/aromatic N) is 5. The molecule has 0 aliphatic rings. The monoisotopic (exact) mass is 342 g/mol. The molecular weight excluding hydrogens is 324 g/mol. The van der Waals surface area contributed by atoms with Gasteiger partial charge in [0.2, 0.25) is 0 Å². The van der Waals surface area contributed by atoms with Crippen molar-refractivity contribution in [1.82, 2.24) is 19.6 Å². The Hall–Kier alpha value is -3.20. The zero-order valence-electron chi connectivity index (χ0n) is 13.7. The maximum atomic E-state index is 10.8. The summed E-state index contributed by atoms with van der Waals surface area (Å²) < 4.78 is 3.37. The lowest BCUT2D eigenvalue weighted by Crippen LogP contribution is -2.02. The van der Waals surface area contributed by atoms with Crippen molar-refractivity contribution >= 4 is 11.4 Å². The highest BCUT2D eigenvalue weighted by Crippen LogP contribution is 2.25. The van der Waals surface area contributed by atoms with Crippen LogP contribution in [0.3, 0.4) is 0 Å². The molecule has 0 aliphatic carbocycles. The van der Waals surface area contributed by atoms with Gasteiger partial charge in [0.25, 0.3) is 5.69 Å². The van der Waals surface area contributed by atoms with Crippen LogP contribution in [0, 0.1) is 10.1 Å². The molecule has 0 aliphatic heterocycles. The predicted octanol–water partition coefficient (Wildman–Crippen LogP) is 1.80. The summed E-state index contributed by atoms with van der Waals surface area (Å²) in [4.78, 5) is 10.4. The van der Waals surface area contributed by atoms with Crippen LogP contribution in [0.4, 0.5) is 11.4 Å². The van der Waals surface area contributed by atoms with Gasteiger partial charge >= 0.3 is 0 Å². The van der Waals surface area contributed by atoms with Crippen molar-refractivity contribution in [3.63, 3.8) is 0 Å². The van der Waals surface area contributed by atoms with Crippen LogP contribution in [-0.4, -0.2) is 36.2 Å². The molecule has 0 spiro atoms. The van der Waals surface area contributed by atoms with Crippen LogP contribution in [-0.2, 0) is 20.1 Å². The first kappa shape index (κ1) is 16.7. The summed E-state index contributed by atoms with van der Waals surface area (Å²) in [5.74, 6) is 0. The normalized spacial score (nSPS) is 10.8. The molecule has 1 aromatic carbocycles. The molecule has 0 amide bonds. The third kappa shape index (κ3) is 3.83. The lowest BCUT2D eigenvalue weighted by atomic mass is 10.1. The van der Waals surface area contributed by atoms with Crippen molar-refractivity contribution in [2.24, 2.45) is 7.05 Å². The number of nitro benzene ring substituents is 1. The van der Waals surface area contributed by atoms with Crippen LogP contribution in [0.25, 0.3) is 11.3 Å². The van der Waals surface area contributed by atoms with E-state index in [1.165, 1.54) is 12.1 Å². The molecule has 0 saturated heterocycles. The largest absolute Gasteiger partial charge is 0.394 e. The maximum Gasteiger partial charge on any atom is 0.269 e. The summed E-state index contributed by atoms with van der Waals surface area (Å²) >= 11 is 0. The van der Waals surface area contributed by atoms with Gasteiger partial charge in [0.1, 0.15) is 0 Å². The molecule has 3 rings (SSSR count). The van der Waals surface area contributed by atoms with Gasteiger partial charge in [0.05, 0.1) is 35.7 Å². The van der Waals surface area contributed by atoms with E-state index in [-0.39, 0.29) is 12.3 Å². The number of nitrogens with one attached hydrogen (secondary N) is 1. The Kier molecular flexibility index (Phi) is 4.75. The van der Waals surface area contributed by atoms with Crippen LogP contribution in [0.2, 0.25) is 0 Å². The third-order valence-electron chi connectivity index (χ3n) is 3.70. The maximum absolute atomic E-state index is 10.8. The lowest BCUT2D eigenvalue weighted by Gasteiger charge is -2.04. The number of hydrogen-bond acceptors (Lipinski definition) is 6. The van der Waals surface area contributed by atoms with Gasteiger partial charge in [-0.3, -0.25) is 19.5 Å². The predicted molar refractivity (Wildman–Crippen MR) is 91.9 cm³/mol.